The van der Waals surface area contributed by atoms with E-state index in [2.05, 4.69) is 9.97 Å². The van der Waals surface area contributed by atoms with E-state index in [0.717, 1.165) is 19.3 Å². The Morgan fingerprint density at radius 2 is 2.35 bits per heavy atom. The van der Waals surface area contributed by atoms with Crippen LogP contribution in [-0.2, 0) is 4.79 Å². The quantitative estimate of drug-likeness (QED) is 0.888. The van der Waals surface area contributed by atoms with E-state index in [-0.39, 0.29) is 5.92 Å². The van der Waals surface area contributed by atoms with Crippen LogP contribution in [0.25, 0.3) is 0 Å². The molecule has 2 rings (SSSR count). The van der Waals surface area contributed by atoms with Crippen LogP contribution < -0.4 is 9.64 Å². The SMILES string of the molecule is CCCOc1cncc(N2CCCC(C)C2C(=O)O)n1. The first-order valence-corrected chi connectivity index (χ1v) is 7.07. The normalized spacial score (nSPS) is 22.6. The zero-order valence-electron chi connectivity index (χ0n) is 12.0. The molecule has 0 saturated carbocycles. The fourth-order valence-corrected chi connectivity index (χ4v) is 2.57. The zero-order valence-corrected chi connectivity index (χ0v) is 12.0. The van der Waals surface area contributed by atoms with Crippen LogP contribution in [0.1, 0.15) is 33.1 Å². The minimum Gasteiger partial charge on any atom is -0.480 e. The van der Waals surface area contributed by atoms with E-state index in [0.29, 0.717) is 24.8 Å². The molecule has 0 spiro atoms. The van der Waals surface area contributed by atoms with Crippen molar-refractivity contribution in [2.75, 3.05) is 18.1 Å². The summed E-state index contributed by atoms with van der Waals surface area (Å²) < 4.78 is 5.46. The highest BCUT2D eigenvalue weighted by molar-refractivity contribution is 5.78. The van der Waals surface area contributed by atoms with Crippen molar-refractivity contribution in [3.63, 3.8) is 0 Å². The standard InChI is InChI=1S/C14H21N3O3/c1-3-7-20-12-9-15-8-11(16-12)17-6-4-5-10(2)13(17)14(18)19/h8-10,13H,3-7H2,1-2H3,(H,18,19). The van der Waals surface area contributed by atoms with Gasteiger partial charge in [0.1, 0.15) is 6.04 Å². The van der Waals surface area contributed by atoms with Gasteiger partial charge in [0.05, 0.1) is 19.0 Å². The summed E-state index contributed by atoms with van der Waals surface area (Å²) >= 11 is 0. The summed E-state index contributed by atoms with van der Waals surface area (Å²) in [6.07, 6.45) is 5.94. The average molecular weight is 279 g/mol. The molecule has 6 heteroatoms. The van der Waals surface area contributed by atoms with Crippen LogP contribution in [0.5, 0.6) is 5.88 Å². The number of rotatable bonds is 5. The van der Waals surface area contributed by atoms with Crippen molar-refractivity contribution in [2.45, 2.75) is 39.2 Å². The lowest BCUT2D eigenvalue weighted by atomic mass is 9.91. The highest BCUT2D eigenvalue weighted by atomic mass is 16.5. The van der Waals surface area contributed by atoms with Crippen LogP contribution in [0.3, 0.4) is 0 Å². The van der Waals surface area contributed by atoms with Crippen molar-refractivity contribution < 1.29 is 14.6 Å². The Labute approximate surface area is 118 Å². The molecule has 1 aromatic heterocycles. The summed E-state index contributed by atoms with van der Waals surface area (Å²) in [7, 11) is 0. The number of hydrogen-bond donors (Lipinski definition) is 1. The van der Waals surface area contributed by atoms with Gasteiger partial charge >= 0.3 is 5.97 Å². The lowest BCUT2D eigenvalue weighted by Gasteiger charge is -2.37. The molecular formula is C14H21N3O3. The largest absolute Gasteiger partial charge is 0.480 e. The Morgan fingerprint density at radius 1 is 1.55 bits per heavy atom. The summed E-state index contributed by atoms with van der Waals surface area (Å²) in [5, 5.41) is 9.43. The third-order valence-corrected chi connectivity index (χ3v) is 3.53. The number of aromatic nitrogens is 2. The van der Waals surface area contributed by atoms with Crippen LogP contribution in [0.15, 0.2) is 12.4 Å². The van der Waals surface area contributed by atoms with E-state index >= 15 is 0 Å². The Balaban J connectivity index is 2.21. The van der Waals surface area contributed by atoms with Crippen molar-refractivity contribution in [2.24, 2.45) is 5.92 Å². The van der Waals surface area contributed by atoms with Gasteiger partial charge in [0.25, 0.3) is 0 Å². The number of aliphatic carboxylic acids is 1. The first kappa shape index (κ1) is 14.6. The first-order valence-electron chi connectivity index (χ1n) is 7.07. The third-order valence-electron chi connectivity index (χ3n) is 3.53. The van der Waals surface area contributed by atoms with Crippen molar-refractivity contribution in [3.05, 3.63) is 12.4 Å². The van der Waals surface area contributed by atoms with Gasteiger partial charge in [-0.2, -0.15) is 4.98 Å². The lowest BCUT2D eigenvalue weighted by molar-refractivity contribution is -0.140. The van der Waals surface area contributed by atoms with Crippen molar-refractivity contribution >= 4 is 11.8 Å². The number of piperidine rings is 1. The van der Waals surface area contributed by atoms with Gasteiger partial charge in [-0.3, -0.25) is 4.98 Å². The number of hydrogen-bond acceptors (Lipinski definition) is 5. The minimum absolute atomic E-state index is 0.100. The van der Waals surface area contributed by atoms with Crippen molar-refractivity contribution in [1.82, 2.24) is 9.97 Å². The molecule has 1 aliphatic heterocycles. The molecule has 2 atom stereocenters. The fourth-order valence-electron chi connectivity index (χ4n) is 2.57. The summed E-state index contributed by atoms with van der Waals surface area (Å²) in [6.45, 7) is 5.25. The van der Waals surface area contributed by atoms with Crippen LogP contribution >= 0.6 is 0 Å². The van der Waals surface area contributed by atoms with E-state index in [1.54, 1.807) is 12.4 Å². The van der Waals surface area contributed by atoms with Crippen LogP contribution in [-0.4, -0.2) is 40.2 Å². The molecule has 1 aromatic rings. The van der Waals surface area contributed by atoms with E-state index < -0.39 is 12.0 Å². The molecule has 110 valence electrons. The van der Waals surface area contributed by atoms with Gasteiger partial charge in [-0.05, 0) is 25.2 Å². The molecule has 1 aliphatic rings. The van der Waals surface area contributed by atoms with E-state index in [4.69, 9.17) is 4.74 Å². The highest BCUT2D eigenvalue weighted by Crippen LogP contribution is 2.28. The Hall–Kier alpha value is -1.85. The maximum absolute atomic E-state index is 11.5. The Bertz CT molecular complexity index is 467. The van der Waals surface area contributed by atoms with Gasteiger partial charge in [-0.25, -0.2) is 4.79 Å². The van der Waals surface area contributed by atoms with E-state index in [1.807, 2.05) is 18.7 Å². The second-order valence-corrected chi connectivity index (χ2v) is 5.16. The molecule has 6 nitrogen and oxygen atoms in total. The second-order valence-electron chi connectivity index (χ2n) is 5.16. The molecule has 0 bridgehead atoms. The number of carboxylic acid groups (broad SMARTS) is 1. The highest BCUT2D eigenvalue weighted by Gasteiger charge is 2.35. The van der Waals surface area contributed by atoms with Crippen LogP contribution in [0.2, 0.25) is 0 Å². The fraction of sp³-hybridized carbons (Fsp3) is 0.643. The van der Waals surface area contributed by atoms with Gasteiger partial charge in [-0.1, -0.05) is 13.8 Å². The predicted molar refractivity (Wildman–Crippen MR) is 75.0 cm³/mol. The van der Waals surface area contributed by atoms with Gasteiger partial charge < -0.3 is 14.7 Å². The smallest absolute Gasteiger partial charge is 0.326 e. The van der Waals surface area contributed by atoms with Crippen LogP contribution in [0, 0.1) is 5.92 Å². The molecule has 0 radical (unpaired) electrons. The van der Waals surface area contributed by atoms with Gasteiger partial charge in [0.15, 0.2) is 5.82 Å². The maximum atomic E-state index is 11.5. The van der Waals surface area contributed by atoms with Gasteiger partial charge in [-0.15, -0.1) is 0 Å². The molecule has 2 heterocycles. The third kappa shape index (κ3) is 3.18. The Morgan fingerprint density at radius 3 is 3.05 bits per heavy atom. The topological polar surface area (TPSA) is 75.5 Å². The van der Waals surface area contributed by atoms with Gasteiger partial charge in [0.2, 0.25) is 5.88 Å². The molecule has 2 unspecified atom stereocenters. The summed E-state index contributed by atoms with van der Waals surface area (Å²) in [5.41, 5.74) is 0. The molecule has 1 fully saturated rings. The molecule has 1 saturated heterocycles. The van der Waals surface area contributed by atoms with E-state index in [9.17, 15) is 9.90 Å². The molecule has 0 aliphatic carbocycles. The summed E-state index contributed by atoms with van der Waals surface area (Å²) in [5.74, 6) is 0.325. The average Bonchev–Trinajstić information content (AvgIpc) is 2.44. The minimum atomic E-state index is -0.807. The number of ether oxygens (including phenoxy) is 1. The van der Waals surface area contributed by atoms with Crippen molar-refractivity contribution in [3.8, 4) is 5.88 Å². The summed E-state index contributed by atoms with van der Waals surface area (Å²) in [6, 6.07) is -0.542. The molecular weight excluding hydrogens is 258 g/mol. The number of carboxylic acids is 1. The number of anilines is 1. The summed E-state index contributed by atoms with van der Waals surface area (Å²) in [4.78, 5) is 21.8. The maximum Gasteiger partial charge on any atom is 0.326 e. The van der Waals surface area contributed by atoms with Crippen molar-refractivity contribution in [1.29, 1.82) is 0 Å². The van der Waals surface area contributed by atoms with E-state index in [1.165, 1.54) is 0 Å². The molecule has 0 amide bonds. The molecule has 20 heavy (non-hydrogen) atoms. The lowest BCUT2D eigenvalue weighted by Crippen LogP contribution is -2.49. The first-order chi connectivity index (χ1) is 9.63. The monoisotopic (exact) mass is 279 g/mol. The number of nitrogens with zero attached hydrogens (tertiary/aromatic N) is 3. The Kier molecular flexibility index (Phi) is 4.76. The predicted octanol–water partition coefficient (Wildman–Crippen LogP) is 1.95. The zero-order chi connectivity index (χ0) is 14.5. The number of carbonyl (C=O) groups is 1. The molecule has 0 aromatic carbocycles. The van der Waals surface area contributed by atoms with Crippen LogP contribution in [0.4, 0.5) is 5.82 Å². The molecule has 1 N–H and O–H groups in total. The second kappa shape index (κ2) is 6.54. The van der Waals surface area contributed by atoms with Gasteiger partial charge in [0, 0.05) is 6.54 Å².